The van der Waals surface area contributed by atoms with Gasteiger partial charge in [0.2, 0.25) is 0 Å². The molecule has 1 saturated heterocycles. The predicted octanol–water partition coefficient (Wildman–Crippen LogP) is 2.59. The fourth-order valence-corrected chi connectivity index (χ4v) is 4.50. The summed E-state index contributed by atoms with van der Waals surface area (Å²) in [7, 11) is 3.40. The second-order valence-electron chi connectivity index (χ2n) is 7.41. The van der Waals surface area contributed by atoms with Crippen LogP contribution in [0.5, 0.6) is 11.5 Å². The highest BCUT2D eigenvalue weighted by molar-refractivity contribution is 5.44. The van der Waals surface area contributed by atoms with Crippen LogP contribution in [0.25, 0.3) is 0 Å². The van der Waals surface area contributed by atoms with E-state index in [9.17, 15) is 4.79 Å². The van der Waals surface area contributed by atoms with E-state index in [0.717, 1.165) is 74.7 Å². The molecule has 0 spiro atoms. The fourth-order valence-electron chi connectivity index (χ4n) is 4.50. The Hall–Kier alpha value is -2.34. The lowest BCUT2D eigenvalue weighted by molar-refractivity contribution is 0.192. The summed E-state index contributed by atoms with van der Waals surface area (Å²) in [6.07, 6.45) is 4.23. The highest BCUT2D eigenvalue weighted by Crippen LogP contribution is 2.33. The van der Waals surface area contributed by atoms with Gasteiger partial charge in [-0.05, 0) is 37.9 Å². The van der Waals surface area contributed by atoms with E-state index in [4.69, 9.17) is 9.47 Å². The van der Waals surface area contributed by atoms with Crippen LogP contribution in [0.15, 0.2) is 29.1 Å². The zero-order valence-electron chi connectivity index (χ0n) is 16.1. The maximum absolute atomic E-state index is 12.1. The lowest BCUT2D eigenvalue weighted by Crippen LogP contribution is -2.35. The first-order valence-electron chi connectivity index (χ1n) is 9.72. The Morgan fingerprint density at radius 2 is 1.93 bits per heavy atom. The van der Waals surface area contributed by atoms with Gasteiger partial charge in [-0.25, -0.2) is 0 Å². The zero-order chi connectivity index (χ0) is 18.8. The Bertz CT molecular complexity index is 855. The lowest BCUT2D eigenvalue weighted by atomic mass is 9.93. The number of benzene rings is 1. The van der Waals surface area contributed by atoms with Crippen molar-refractivity contribution < 1.29 is 9.47 Å². The number of fused-ring (bicyclic) bond motifs is 1. The molecule has 0 N–H and O–H groups in total. The number of rotatable bonds is 5. The van der Waals surface area contributed by atoms with Crippen molar-refractivity contribution in [3.63, 3.8) is 0 Å². The molecule has 0 unspecified atom stereocenters. The summed E-state index contributed by atoms with van der Waals surface area (Å²) in [6.45, 7) is 3.74. The zero-order valence-corrected chi connectivity index (χ0v) is 16.1. The van der Waals surface area contributed by atoms with Crippen LogP contribution in [0.2, 0.25) is 0 Å². The van der Waals surface area contributed by atoms with Crippen LogP contribution in [0.4, 0.5) is 0 Å². The van der Waals surface area contributed by atoms with E-state index >= 15 is 0 Å². The molecule has 0 bridgehead atoms. The van der Waals surface area contributed by atoms with Gasteiger partial charge in [0.25, 0.3) is 5.56 Å². The Kier molecular flexibility index (Phi) is 5.16. The van der Waals surface area contributed by atoms with Crippen LogP contribution in [0.3, 0.4) is 0 Å². The summed E-state index contributed by atoms with van der Waals surface area (Å²) in [5.41, 5.74) is 2.15. The molecule has 2 aliphatic heterocycles. The van der Waals surface area contributed by atoms with E-state index in [1.165, 1.54) is 5.69 Å². The summed E-state index contributed by atoms with van der Waals surface area (Å²) >= 11 is 0. The molecule has 4 rings (SSSR count). The second-order valence-corrected chi connectivity index (χ2v) is 7.41. The molecule has 0 aliphatic carbocycles. The van der Waals surface area contributed by atoms with E-state index in [-0.39, 0.29) is 5.56 Å². The average Bonchev–Trinajstić information content (AvgIpc) is 3.16. The van der Waals surface area contributed by atoms with Gasteiger partial charge < -0.3 is 14.0 Å². The molecule has 3 heterocycles. The van der Waals surface area contributed by atoms with Crippen LogP contribution in [-0.2, 0) is 19.5 Å². The van der Waals surface area contributed by atoms with Crippen molar-refractivity contribution in [3.05, 3.63) is 51.7 Å². The largest absolute Gasteiger partial charge is 0.496 e. The van der Waals surface area contributed by atoms with Crippen LogP contribution >= 0.6 is 0 Å². The summed E-state index contributed by atoms with van der Waals surface area (Å²) in [6, 6.07) is 7.67. The number of ether oxygens (including phenoxy) is 2. The number of aromatic nitrogens is 2. The Balaban J connectivity index is 1.58. The highest BCUT2D eigenvalue weighted by Gasteiger charge is 2.27. The molecule has 0 saturated carbocycles. The first-order valence-corrected chi connectivity index (χ1v) is 9.72. The van der Waals surface area contributed by atoms with Gasteiger partial charge in [-0.3, -0.25) is 9.69 Å². The summed E-state index contributed by atoms with van der Waals surface area (Å²) in [4.78, 5) is 18.7. The molecule has 1 aromatic heterocycles. The molecule has 6 heteroatoms. The van der Waals surface area contributed by atoms with Crippen molar-refractivity contribution in [2.75, 3.05) is 27.3 Å². The standard InChI is InChI=1S/C21H27N3O3/c1-26-18-7-3-8-19(27-2)16(18)14-23-10-4-6-15(13-23)17-12-21(25)22-20-9-5-11-24(17)20/h3,7-8,12,15H,4-6,9-11,13-14H2,1-2H3/t15-/m0/s1. The number of hydrogen-bond acceptors (Lipinski definition) is 5. The number of aryl methyl sites for hydroxylation is 1. The second kappa shape index (κ2) is 7.72. The van der Waals surface area contributed by atoms with Gasteiger partial charge in [0.1, 0.15) is 17.3 Å². The van der Waals surface area contributed by atoms with Crippen molar-refractivity contribution in [2.45, 2.75) is 44.7 Å². The maximum Gasteiger partial charge on any atom is 0.273 e. The average molecular weight is 369 g/mol. The summed E-state index contributed by atoms with van der Waals surface area (Å²) in [5, 5.41) is 0. The molecule has 27 heavy (non-hydrogen) atoms. The molecular weight excluding hydrogens is 342 g/mol. The normalized spacial score (nSPS) is 19.7. The molecule has 0 amide bonds. The van der Waals surface area contributed by atoms with Crippen molar-refractivity contribution >= 4 is 0 Å². The third kappa shape index (κ3) is 3.58. The smallest absolute Gasteiger partial charge is 0.273 e. The molecular formula is C21H27N3O3. The molecule has 1 fully saturated rings. The van der Waals surface area contributed by atoms with Gasteiger partial charge in [-0.1, -0.05) is 6.07 Å². The molecule has 0 radical (unpaired) electrons. The minimum atomic E-state index is -0.0957. The number of likely N-dealkylation sites (tertiary alicyclic amines) is 1. The number of piperidine rings is 1. The van der Waals surface area contributed by atoms with Crippen molar-refractivity contribution in [1.29, 1.82) is 0 Å². The van der Waals surface area contributed by atoms with Gasteiger partial charge in [0.05, 0.1) is 19.8 Å². The molecule has 1 aromatic carbocycles. The number of methoxy groups -OCH3 is 2. The van der Waals surface area contributed by atoms with Crippen LogP contribution in [0.1, 0.15) is 42.3 Å². The van der Waals surface area contributed by atoms with E-state index in [1.807, 2.05) is 18.2 Å². The molecule has 1 atom stereocenters. The number of nitrogens with zero attached hydrogens (tertiary/aromatic N) is 3. The summed E-state index contributed by atoms with van der Waals surface area (Å²) in [5.74, 6) is 3.04. The predicted molar refractivity (Wildman–Crippen MR) is 104 cm³/mol. The minimum absolute atomic E-state index is 0.0957. The van der Waals surface area contributed by atoms with E-state index < -0.39 is 0 Å². The highest BCUT2D eigenvalue weighted by atomic mass is 16.5. The third-order valence-corrected chi connectivity index (χ3v) is 5.75. The van der Waals surface area contributed by atoms with Gasteiger partial charge in [-0.15, -0.1) is 0 Å². The minimum Gasteiger partial charge on any atom is -0.496 e. The molecule has 2 aromatic rings. The molecule has 2 aliphatic rings. The maximum atomic E-state index is 12.1. The van der Waals surface area contributed by atoms with Crippen LogP contribution in [-0.4, -0.2) is 41.8 Å². The Morgan fingerprint density at radius 1 is 1.15 bits per heavy atom. The van der Waals surface area contributed by atoms with E-state index in [1.54, 1.807) is 20.3 Å². The summed E-state index contributed by atoms with van der Waals surface area (Å²) < 4.78 is 13.4. The SMILES string of the molecule is COc1cccc(OC)c1CN1CCC[C@H](c2cc(=O)nc3n2CCC3)C1. The van der Waals surface area contributed by atoms with Gasteiger partial charge in [0, 0.05) is 43.7 Å². The van der Waals surface area contributed by atoms with Gasteiger partial charge >= 0.3 is 0 Å². The topological polar surface area (TPSA) is 56.6 Å². The van der Waals surface area contributed by atoms with Crippen molar-refractivity contribution in [1.82, 2.24) is 14.5 Å². The molecule has 144 valence electrons. The van der Waals surface area contributed by atoms with E-state index in [2.05, 4.69) is 14.5 Å². The quantitative estimate of drug-likeness (QED) is 0.811. The fraction of sp³-hybridized carbons (Fsp3) is 0.524. The van der Waals surface area contributed by atoms with Crippen molar-refractivity contribution in [2.24, 2.45) is 0 Å². The first kappa shape index (κ1) is 18.0. The van der Waals surface area contributed by atoms with Gasteiger partial charge in [-0.2, -0.15) is 4.98 Å². The number of hydrogen-bond donors (Lipinski definition) is 0. The van der Waals surface area contributed by atoms with Crippen molar-refractivity contribution in [3.8, 4) is 11.5 Å². The monoisotopic (exact) mass is 369 g/mol. The van der Waals surface area contributed by atoms with Crippen LogP contribution < -0.4 is 15.0 Å². The first-order chi connectivity index (χ1) is 13.2. The lowest BCUT2D eigenvalue weighted by Gasteiger charge is -2.34. The van der Waals surface area contributed by atoms with Gasteiger partial charge in [0.15, 0.2) is 0 Å². The Labute approximate surface area is 159 Å². The van der Waals surface area contributed by atoms with Crippen LogP contribution in [0, 0.1) is 0 Å². The van der Waals surface area contributed by atoms with E-state index in [0.29, 0.717) is 5.92 Å². The Morgan fingerprint density at radius 3 is 2.67 bits per heavy atom. The molecule has 6 nitrogen and oxygen atoms in total. The third-order valence-electron chi connectivity index (χ3n) is 5.75.